The van der Waals surface area contributed by atoms with Crippen molar-refractivity contribution in [2.24, 2.45) is 0 Å². The minimum Gasteiger partial charge on any atom is -0.348 e. The van der Waals surface area contributed by atoms with Gasteiger partial charge in [-0.2, -0.15) is 0 Å². The molecule has 0 bridgehead atoms. The fourth-order valence-corrected chi connectivity index (χ4v) is 0.643. The highest BCUT2D eigenvalue weighted by molar-refractivity contribution is 4.46. The Hall–Kier alpha value is -0.220. The van der Waals surface area contributed by atoms with Gasteiger partial charge in [0.05, 0.1) is 6.42 Å². The second-order valence-electron chi connectivity index (χ2n) is 1.97. The van der Waals surface area contributed by atoms with Crippen molar-refractivity contribution >= 4 is 0 Å². The molecule has 0 aromatic rings. The monoisotopic (exact) mass is 168 g/mol. The van der Waals surface area contributed by atoms with Crippen molar-refractivity contribution in [2.75, 3.05) is 13.2 Å². The molecule has 0 aromatic carbocycles. The van der Waals surface area contributed by atoms with Gasteiger partial charge in [-0.3, -0.25) is 0 Å². The third-order valence-corrected chi connectivity index (χ3v) is 1.07. The van der Waals surface area contributed by atoms with E-state index in [-0.39, 0.29) is 19.6 Å². The van der Waals surface area contributed by atoms with Gasteiger partial charge < -0.3 is 9.47 Å². The Bertz CT molecular complexity index is 80.5. The lowest BCUT2D eigenvalue weighted by Gasteiger charge is -2.11. The highest BCUT2D eigenvalue weighted by Gasteiger charge is 2.14. The molecule has 11 heavy (non-hydrogen) atoms. The van der Waals surface area contributed by atoms with Crippen LogP contribution >= 0.6 is 0 Å². The largest absolute Gasteiger partial charge is 0.348 e. The standard InChI is InChI=1S/C7H14F2O2/c1-3-10-6(8)5-7(9)11-4-2/h6-7H,3-5H2,1-2H3. The minimum atomic E-state index is -1.55. The van der Waals surface area contributed by atoms with Crippen LogP contribution in [0.5, 0.6) is 0 Å². The van der Waals surface area contributed by atoms with Crippen LogP contribution in [0.15, 0.2) is 0 Å². The number of rotatable bonds is 6. The molecule has 0 radical (unpaired) electrons. The van der Waals surface area contributed by atoms with Crippen LogP contribution in [0, 0.1) is 0 Å². The van der Waals surface area contributed by atoms with E-state index in [4.69, 9.17) is 0 Å². The molecule has 0 saturated carbocycles. The molecule has 2 atom stereocenters. The zero-order valence-corrected chi connectivity index (χ0v) is 6.85. The van der Waals surface area contributed by atoms with Crippen molar-refractivity contribution in [3.8, 4) is 0 Å². The first-order valence-corrected chi connectivity index (χ1v) is 3.72. The quantitative estimate of drug-likeness (QED) is 0.604. The zero-order valence-electron chi connectivity index (χ0n) is 6.85. The molecule has 68 valence electrons. The molecule has 0 amide bonds. The van der Waals surface area contributed by atoms with Crippen molar-refractivity contribution in [3.05, 3.63) is 0 Å². The van der Waals surface area contributed by atoms with Crippen molar-refractivity contribution in [2.45, 2.75) is 33.0 Å². The van der Waals surface area contributed by atoms with Crippen molar-refractivity contribution < 1.29 is 18.3 Å². The predicted octanol–water partition coefficient (Wildman–Crippen LogP) is 2.04. The van der Waals surface area contributed by atoms with Crippen LogP contribution in [0.4, 0.5) is 8.78 Å². The molecule has 2 unspecified atom stereocenters. The van der Waals surface area contributed by atoms with E-state index in [9.17, 15) is 8.78 Å². The Morgan fingerprint density at radius 2 is 1.36 bits per heavy atom. The van der Waals surface area contributed by atoms with Crippen LogP contribution < -0.4 is 0 Å². The average molecular weight is 168 g/mol. The molecule has 4 heteroatoms. The molecule has 0 aliphatic carbocycles. The van der Waals surface area contributed by atoms with Gasteiger partial charge in [-0.25, -0.2) is 8.78 Å². The summed E-state index contributed by atoms with van der Waals surface area (Å²) >= 11 is 0. The van der Waals surface area contributed by atoms with Gasteiger partial charge >= 0.3 is 0 Å². The van der Waals surface area contributed by atoms with Gasteiger partial charge in [0.2, 0.25) is 12.7 Å². The number of halogens is 2. The summed E-state index contributed by atoms with van der Waals surface area (Å²) in [7, 11) is 0. The summed E-state index contributed by atoms with van der Waals surface area (Å²) in [5.41, 5.74) is 0. The predicted molar refractivity (Wildman–Crippen MR) is 37.7 cm³/mol. The Labute approximate surface area is 65.5 Å². The third kappa shape index (κ3) is 6.19. The molecule has 0 aliphatic heterocycles. The number of alkyl halides is 2. The lowest BCUT2D eigenvalue weighted by molar-refractivity contribution is -0.111. The summed E-state index contributed by atoms with van der Waals surface area (Å²) in [5.74, 6) is 0. The van der Waals surface area contributed by atoms with Gasteiger partial charge in [-0.1, -0.05) is 0 Å². The van der Waals surface area contributed by atoms with E-state index in [1.54, 1.807) is 13.8 Å². The molecule has 0 aliphatic rings. The molecule has 2 nitrogen and oxygen atoms in total. The first-order valence-electron chi connectivity index (χ1n) is 3.72. The van der Waals surface area contributed by atoms with E-state index in [0.717, 1.165) is 0 Å². The topological polar surface area (TPSA) is 18.5 Å². The highest BCUT2D eigenvalue weighted by Crippen LogP contribution is 2.08. The van der Waals surface area contributed by atoms with Crippen LogP contribution in [0.2, 0.25) is 0 Å². The first-order chi connectivity index (χ1) is 5.20. The second kappa shape index (κ2) is 6.49. The van der Waals surface area contributed by atoms with Gasteiger partial charge in [-0.05, 0) is 13.8 Å². The molecule has 0 aromatic heterocycles. The summed E-state index contributed by atoms with van der Waals surface area (Å²) < 4.78 is 33.8. The summed E-state index contributed by atoms with van der Waals surface area (Å²) in [4.78, 5) is 0. The van der Waals surface area contributed by atoms with Crippen LogP contribution in [0.1, 0.15) is 20.3 Å². The maximum Gasteiger partial charge on any atom is 0.203 e. The second-order valence-corrected chi connectivity index (χ2v) is 1.97. The molecule has 0 heterocycles. The van der Waals surface area contributed by atoms with E-state index >= 15 is 0 Å². The number of hydrogen-bond acceptors (Lipinski definition) is 2. The molecule has 0 spiro atoms. The van der Waals surface area contributed by atoms with E-state index in [1.165, 1.54) is 0 Å². The maximum atomic E-state index is 12.4. The Morgan fingerprint density at radius 3 is 1.64 bits per heavy atom. The first kappa shape index (κ1) is 10.8. The number of ether oxygens (including phenoxy) is 2. The van der Waals surface area contributed by atoms with Crippen molar-refractivity contribution in [1.29, 1.82) is 0 Å². The van der Waals surface area contributed by atoms with Crippen LogP contribution in [-0.2, 0) is 9.47 Å². The van der Waals surface area contributed by atoms with Gasteiger partial charge in [0.1, 0.15) is 0 Å². The van der Waals surface area contributed by atoms with Crippen molar-refractivity contribution in [1.82, 2.24) is 0 Å². The van der Waals surface area contributed by atoms with Gasteiger partial charge in [0.15, 0.2) is 0 Å². The number of hydrogen-bond donors (Lipinski definition) is 0. The third-order valence-electron chi connectivity index (χ3n) is 1.07. The molecule has 0 rings (SSSR count). The SMILES string of the molecule is CCOC(F)CC(F)OCC. The normalized spacial score (nSPS) is 16.4. The van der Waals surface area contributed by atoms with E-state index in [1.807, 2.05) is 0 Å². The maximum absolute atomic E-state index is 12.4. The zero-order chi connectivity index (χ0) is 8.69. The molecular formula is C7H14F2O2. The molecule has 0 N–H and O–H groups in total. The van der Waals surface area contributed by atoms with Gasteiger partial charge in [0.25, 0.3) is 0 Å². The Balaban J connectivity index is 3.32. The molecular weight excluding hydrogens is 154 g/mol. The van der Waals surface area contributed by atoms with Crippen molar-refractivity contribution in [3.63, 3.8) is 0 Å². The van der Waals surface area contributed by atoms with E-state index < -0.39 is 12.7 Å². The Morgan fingerprint density at radius 1 is 1.00 bits per heavy atom. The highest BCUT2D eigenvalue weighted by atomic mass is 19.2. The smallest absolute Gasteiger partial charge is 0.203 e. The lowest BCUT2D eigenvalue weighted by atomic mass is 10.4. The fourth-order valence-electron chi connectivity index (χ4n) is 0.643. The lowest BCUT2D eigenvalue weighted by Crippen LogP contribution is -2.16. The minimum absolute atomic E-state index is 0.250. The summed E-state index contributed by atoms with van der Waals surface area (Å²) in [6, 6.07) is 0. The molecule has 0 saturated heterocycles. The van der Waals surface area contributed by atoms with E-state index in [0.29, 0.717) is 0 Å². The van der Waals surface area contributed by atoms with Crippen LogP contribution in [0.25, 0.3) is 0 Å². The van der Waals surface area contributed by atoms with E-state index in [2.05, 4.69) is 9.47 Å². The van der Waals surface area contributed by atoms with Crippen LogP contribution in [-0.4, -0.2) is 25.9 Å². The van der Waals surface area contributed by atoms with Gasteiger partial charge in [-0.15, -0.1) is 0 Å². The fraction of sp³-hybridized carbons (Fsp3) is 1.00. The summed E-state index contributed by atoms with van der Waals surface area (Å²) in [6.07, 6.45) is -3.45. The summed E-state index contributed by atoms with van der Waals surface area (Å²) in [6.45, 7) is 3.81. The van der Waals surface area contributed by atoms with Gasteiger partial charge in [0, 0.05) is 13.2 Å². The van der Waals surface area contributed by atoms with Crippen LogP contribution in [0.3, 0.4) is 0 Å². The average Bonchev–Trinajstić information content (AvgIpc) is 1.87. The Kier molecular flexibility index (Phi) is 6.36. The summed E-state index contributed by atoms with van der Waals surface area (Å²) in [5, 5.41) is 0. The molecule has 0 fully saturated rings.